The first kappa shape index (κ1) is 20.9. The number of nitro benzene ring substituents is 1. The molecule has 0 atom stereocenters. The summed E-state index contributed by atoms with van der Waals surface area (Å²) in [4.78, 5) is 26.0. The van der Waals surface area contributed by atoms with Gasteiger partial charge in [-0.05, 0) is 39.8 Å². The highest BCUT2D eigenvalue weighted by Gasteiger charge is 2.25. The van der Waals surface area contributed by atoms with Crippen LogP contribution in [0.1, 0.15) is 27.2 Å². The molecule has 150 valence electrons. The number of non-ortho nitro benzene ring substituents is 1. The Morgan fingerprint density at radius 3 is 2.52 bits per heavy atom. The summed E-state index contributed by atoms with van der Waals surface area (Å²) < 4.78 is 19.2. The number of halogens is 1. The van der Waals surface area contributed by atoms with Crippen LogP contribution in [0.15, 0.2) is 18.2 Å². The van der Waals surface area contributed by atoms with Gasteiger partial charge in [0.15, 0.2) is 5.82 Å². The fraction of sp³-hybridized carbons (Fsp3) is 0.611. The van der Waals surface area contributed by atoms with Crippen LogP contribution in [0.5, 0.6) is 0 Å². The Kier molecular flexibility index (Phi) is 6.95. The number of anilines is 1. The normalized spacial score (nSPS) is 15.5. The molecule has 0 radical (unpaired) electrons. The zero-order valence-corrected chi connectivity index (χ0v) is 16.0. The molecule has 0 bridgehead atoms. The van der Waals surface area contributed by atoms with Crippen LogP contribution in [0.3, 0.4) is 0 Å². The van der Waals surface area contributed by atoms with Crippen molar-refractivity contribution in [3.63, 3.8) is 0 Å². The molecule has 0 spiro atoms. The van der Waals surface area contributed by atoms with E-state index in [4.69, 9.17) is 4.74 Å². The molecule has 8 nitrogen and oxygen atoms in total. The second kappa shape index (κ2) is 8.98. The second-order valence-electron chi connectivity index (χ2n) is 7.51. The van der Waals surface area contributed by atoms with E-state index in [0.29, 0.717) is 19.6 Å². The van der Waals surface area contributed by atoms with Gasteiger partial charge in [-0.15, -0.1) is 0 Å². The molecule has 0 aromatic heterocycles. The van der Waals surface area contributed by atoms with Crippen LogP contribution in [0.2, 0.25) is 0 Å². The van der Waals surface area contributed by atoms with E-state index in [1.165, 1.54) is 12.1 Å². The van der Waals surface area contributed by atoms with E-state index in [2.05, 4.69) is 10.2 Å². The summed E-state index contributed by atoms with van der Waals surface area (Å²) in [5.74, 6) is -0.629. The number of carbonyl (C=O) groups excluding carboxylic acids is 1. The van der Waals surface area contributed by atoms with Gasteiger partial charge in [0.1, 0.15) is 5.60 Å². The van der Waals surface area contributed by atoms with Crippen molar-refractivity contribution in [2.24, 2.45) is 0 Å². The van der Waals surface area contributed by atoms with Gasteiger partial charge in [-0.1, -0.05) is 0 Å². The van der Waals surface area contributed by atoms with Crippen LogP contribution in [0.25, 0.3) is 0 Å². The summed E-state index contributed by atoms with van der Waals surface area (Å²) in [7, 11) is 0. The minimum absolute atomic E-state index is 0.260. The average molecular weight is 382 g/mol. The lowest BCUT2D eigenvalue weighted by atomic mass is 10.2. The van der Waals surface area contributed by atoms with Crippen LogP contribution in [-0.2, 0) is 4.74 Å². The Morgan fingerprint density at radius 1 is 1.30 bits per heavy atom. The fourth-order valence-electron chi connectivity index (χ4n) is 2.77. The van der Waals surface area contributed by atoms with Crippen molar-refractivity contribution in [2.45, 2.75) is 32.8 Å². The van der Waals surface area contributed by atoms with Crippen LogP contribution >= 0.6 is 0 Å². The summed E-state index contributed by atoms with van der Waals surface area (Å²) >= 11 is 0. The number of amides is 1. The van der Waals surface area contributed by atoms with Crippen molar-refractivity contribution in [1.82, 2.24) is 9.80 Å². The number of nitro groups is 1. The fourth-order valence-corrected chi connectivity index (χ4v) is 2.77. The molecule has 1 N–H and O–H groups in total. The van der Waals surface area contributed by atoms with Gasteiger partial charge in [-0.25, -0.2) is 9.18 Å². The van der Waals surface area contributed by atoms with Gasteiger partial charge >= 0.3 is 6.09 Å². The first-order valence-electron chi connectivity index (χ1n) is 9.04. The van der Waals surface area contributed by atoms with Crippen LogP contribution in [-0.4, -0.2) is 65.7 Å². The first-order chi connectivity index (χ1) is 12.7. The van der Waals surface area contributed by atoms with Gasteiger partial charge in [-0.2, -0.15) is 0 Å². The largest absolute Gasteiger partial charge is 0.444 e. The smallest absolute Gasteiger partial charge is 0.410 e. The molecule has 1 aliphatic heterocycles. The van der Waals surface area contributed by atoms with Crippen LogP contribution in [0.4, 0.5) is 20.6 Å². The van der Waals surface area contributed by atoms with Crippen LogP contribution < -0.4 is 5.32 Å². The Balaban J connectivity index is 1.68. The number of piperazine rings is 1. The maximum absolute atomic E-state index is 13.8. The number of rotatable bonds is 6. The molecular weight excluding hydrogens is 355 g/mol. The molecule has 0 unspecified atom stereocenters. The van der Waals surface area contributed by atoms with Gasteiger partial charge in [0.2, 0.25) is 0 Å². The van der Waals surface area contributed by atoms with Gasteiger partial charge in [0.25, 0.3) is 5.69 Å². The summed E-state index contributed by atoms with van der Waals surface area (Å²) in [6.45, 7) is 9.71. The predicted molar refractivity (Wildman–Crippen MR) is 100 cm³/mol. The van der Waals surface area contributed by atoms with Crippen molar-refractivity contribution in [3.05, 3.63) is 34.1 Å². The van der Waals surface area contributed by atoms with E-state index in [0.717, 1.165) is 32.1 Å². The molecule has 1 aromatic rings. The van der Waals surface area contributed by atoms with Crippen LogP contribution in [0, 0.1) is 15.9 Å². The zero-order chi connectivity index (χ0) is 20.0. The highest BCUT2D eigenvalue weighted by Crippen LogP contribution is 2.20. The SMILES string of the molecule is CC(C)(C)OC(=O)N1CCN(CCCNc2ccc([N+](=O)[O-])cc2F)CC1. The summed E-state index contributed by atoms with van der Waals surface area (Å²) in [5, 5.41) is 13.6. The lowest BCUT2D eigenvalue weighted by molar-refractivity contribution is -0.385. The van der Waals surface area contributed by atoms with E-state index >= 15 is 0 Å². The van der Waals surface area contributed by atoms with Gasteiger partial charge in [-0.3, -0.25) is 15.0 Å². The highest BCUT2D eigenvalue weighted by molar-refractivity contribution is 5.68. The Hall–Kier alpha value is -2.42. The molecule has 1 aliphatic rings. The Morgan fingerprint density at radius 2 is 1.96 bits per heavy atom. The van der Waals surface area contributed by atoms with Crippen molar-refractivity contribution >= 4 is 17.5 Å². The molecule has 2 rings (SSSR count). The van der Waals surface area contributed by atoms with Crippen molar-refractivity contribution in [2.75, 3.05) is 44.6 Å². The number of benzene rings is 1. The van der Waals surface area contributed by atoms with Crippen molar-refractivity contribution in [3.8, 4) is 0 Å². The number of ether oxygens (including phenoxy) is 1. The molecule has 1 saturated heterocycles. The number of hydrogen-bond acceptors (Lipinski definition) is 6. The predicted octanol–water partition coefficient (Wildman–Crippen LogP) is 3.09. The molecule has 1 heterocycles. The first-order valence-corrected chi connectivity index (χ1v) is 9.04. The number of hydrogen-bond donors (Lipinski definition) is 1. The average Bonchev–Trinajstić information content (AvgIpc) is 2.58. The lowest BCUT2D eigenvalue weighted by Gasteiger charge is -2.35. The Labute approximate surface area is 158 Å². The second-order valence-corrected chi connectivity index (χ2v) is 7.51. The molecule has 27 heavy (non-hydrogen) atoms. The molecule has 1 amide bonds. The number of carbonyl (C=O) groups is 1. The maximum Gasteiger partial charge on any atom is 0.410 e. The van der Waals surface area contributed by atoms with E-state index < -0.39 is 16.3 Å². The van der Waals surface area contributed by atoms with Crippen molar-refractivity contribution in [1.29, 1.82) is 0 Å². The maximum atomic E-state index is 13.8. The third-order valence-electron chi connectivity index (χ3n) is 4.15. The van der Waals surface area contributed by atoms with E-state index in [9.17, 15) is 19.3 Å². The lowest BCUT2D eigenvalue weighted by Crippen LogP contribution is -2.50. The molecule has 0 saturated carbocycles. The number of nitrogens with one attached hydrogen (secondary N) is 1. The molecule has 1 aromatic carbocycles. The standard InChI is InChI=1S/C18H27FN4O4/c1-18(2,3)27-17(24)22-11-9-21(10-12-22)8-4-7-20-16-6-5-14(23(25)26)13-15(16)19/h5-6,13,20H,4,7-12H2,1-3H3. The molecule has 9 heteroatoms. The topological polar surface area (TPSA) is 88.0 Å². The van der Waals surface area contributed by atoms with Crippen molar-refractivity contribution < 1.29 is 18.8 Å². The summed E-state index contributed by atoms with van der Waals surface area (Å²) in [6.07, 6.45) is 0.514. The molecule has 0 aliphatic carbocycles. The quantitative estimate of drug-likeness (QED) is 0.462. The number of nitrogens with zero attached hydrogens (tertiary/aromatic N) is 3. The van der Waals surface area contributed by atoms with E-state index in [-0.39, 0.29) is 17.5 Å². The summed E-state index contributed by atoms with van der Waals surface area (Å²) in [6, 6.07) is 3.58. The van der Waals surface area contributed by atoms with Gasteiger partial charge < -0.3 is 15.0 Å². The van der Waals surface area contributed by atoms with Gasteiger partial charge in [0.05, 0.1) is 16.7 Å². The third-order valence-corrected chi connectivity index (χ3v) is 4.15. The minimum Gasteiger partial charge on any atom is -0.444 e. The highest BCUT2D eigenvalue weighted by atomic mass is 19.1. The Bertz CT molecular complexity index is 670. The van der Waals surface area contributed by atoms with E-state index in [1.807, 2.05) is 20.8 Å². The zero-order valence-electron chi connectivity index (χ0n) is 16.0. The monoisotopic (exact) mass is 382 g/mol. The van der Waals surface area contributed by atoms with Gasteiger partial charge in [0, 0.05) is 38.8 Å². The van der Waals surface area contributed by atoms with E-state index in [1.54, 1.807) is 4.90 Å². The minimum atomic E-state index is -0.629. The molecule has 1 fully saturated rings. The molecular formula is C18H27FN4O4. The summed E-state index contributed by atoms with van der Waals surface area (Å²) in [5.41, 5.74) is -0.496. The third kappa shape index (κ3) is 6.67.